The van der Waals surface area contributed by atoms with Gasteiger partial charge in [0, 0.05) is 29.8 Å². The predicted octanol–water partition coefficient (Wildman–Crippen LogP) is 3.26. The van der Waals surface area contributed by atoms with E-state index in [1.54, 1.807) is 43.6 Å². The fourth-order valence-electron chi connectivity index (χ4n) is 2.56. The van der Waals surface area contributed by atoms with E-state index in [0.29, 0.717) is 21.1 Å². The van der Waals surface area contributed by atoms with Crippen LogP contribution in [0.1, 0.15) is 24.3 Å². The molecule has 0 aliphatic heterocycles. The first-order valence-corrected chi connectivity index (χ1v) is 9.32. The van der Waals surface area contributed by atoms with Crippen molar-refractivity contribution in [2.45, 2.75) is 13.8 Å². The maximum atomic E-state index is 13.2. The van der Waals surface area contributed by atoms with Crippen molar-refractivity contribution in [1.29, 1.82) is 0 Å². The first kappa shape index (κ1) is 19.1. The molecule has 9 heteroatoms. The Morgan fingerprint density at radius 3 is 2.74 bits per heavy atom. The van der Waals surface area contributed by atoms with E-state index in [1.165, 1.54) is 23.2 Å². The van der Waals surface area contributed by atoms with Crippen molar-refractivity contribution in [2.75, 3.05) is 18.6 Å². The summed E-state index contributed by atoms with van der Waals surface area (Å²) in [5.74, 6) is -0.880. The number of benzene rings is 1. The van der Waals surface area contributed by atoms with Gasteiger partial charge in [-0.05, 0) is 25.1 Å². The molecule has 0 aliphatic rings. The van der Waals surface area contributed by atoms with E-state index in [9.17, 15) is 14.4 Å². The molecule has 0 bridgehead atoms. The molecule has 27 heavy (non-hydrogen) atoms. The Morgan fingerprint density at radius 2 is 2.11 bits per heavy atom. The Bertz CT molecular complexity index is 1110. The van der Waals surface area contributed by atoms with Crippen LogP contribution in [0, 0.1) is 0 Å². The van der Waals surface area contributed by atoms with Gasteiger partial charge in [-0.25, -0.2) is 4.79 Å². The standard InChI is InChI=1S/C18H16ClN3O4S/c1-4-26-18(25)15-13-9-27-17(21(3)10(2)23)14(13)16(24)22(20-15)12-7-5-6-11(19)8-12/h5-9H,4H2,1-3H3. The summed E-state index contributed by atoms with van der Waals surface area (Å²) in [6.07, 6.45) is 0. The zero-order chi connectivity index (χ0) is 19.7. The highest BCUT2D eigenvalue weighted by atomic mass is 35.5. The lowest BCUT2D eigenvalue weighted by atomic mass is 10.2. The molecular formula is C18H16ClN3O4S. The molecule has 0 unspecified atom stereocenters. The summed E-state index contributed by atoms with van der Waals surface area (Å²) in [5.41, 5.74) is -0.0434. The normalized spacial score (nSPS) is 10.8. The van der Waals surface area contributed by atoms with Gasteiger partial charge in [0.1, 0.15) is 5.00 Å². The summed E-state index contributed by atoms with van der Waals surface area (Å²) < 4.78 is 6.19. The summed E-state index contributed by atoms with van der Waals surface area (Å²) >= 11 is 7.22. The number of hydrogen-bond acceptors (Lipinski definition) is 6. The van der Waals surface area contributed by atoms with Crippen molar-refractivity contribution in [1.82, 2.24) is 9.78 Å². The van der Waals surface area contributed by atoms with Gasteiger partial charge >= 0.3 is 5.97 Å². The highest BCUT2D eigenvalue weighted by molar-refractivity contribution is 7.16. The Labute approximate surface area is 163 Å². The van der Waals surface area contributed by atoms with Gasteiger partial charge in [0.25, 0.3) is 5.56 Å². The predicted molar refractivity (Wildman–Crippen MR) is 105 cm³/mol. The quantitative estimate of drug-likeness (QED) is 0.622. The largest absolute Gasteiger partial charge is 0.461 e. The SMILES string of the molecule is CCOC(=O)c1nn(-c2cccc(Cl)c2)c(=O)c2c(N(C)C(C)=O)scc12. The first-order chi connectivity index (χ1) is 12.8. The lowest BCUT2D eigenvalue weighted by molar-refractivity contribution is -0.116. The van der Waals surface area contributed by atoms with Crippen LogP contribution in [0.5, 0.6) is 0 Å². The van der Waals surface area contributed by atoms with Gasteiger partial charge in [-0.3, -0.25) is 9.59 Å². The Balaban J connectivity index is 2.38. The highest BCUT2D eigenvalue weighted by Gasteiger charge is 2.24. The van der Waals surface area contributed by atoms with Crippen LogP contribution in [0.2, 0.25) is 5.02 Å². The maximum absolute atomic E-state index is 13.2. The van der Waals surface area contributed by atoms with E-state index in [2.05, 4.69) is 5.10 Å². The fraction of sp³-hybridized carbons (Fsp3) is 0.222. The lowest BCUT2D eigenvalue weighted by Crippen LogP contribution is -2.28. The number of esters is 1. The van der Waals surface area contributed by atoms with Crippen LogP contribution in [0.25, 0.3) is 16.5 Å². The maximum Gasteiger partial charge on any atom is 0.359 e. The van der Waals surface area contributed by atoms with Gasteiger partial charge in [0.2, 0.25) is 5.91 Å². The number of hydrogen-bond donors (Lipinski definition) is 0. The van der Waals surface area contributed by atoms with Gasteiger partial charge in [-0.1, -0.05) is 17.7 Å². The fourth-order valence-corrected chi connectivity index (χ4v) is 3.80. The average molecular weight is 406 g/mol. The zero-order valence-electron chi connectivity index (χ0n) is 14.9. The van der Waals surface area contributed by atoms with Crippen molar-refractivity contribution >= 4 is 50.6 Å². The molecule has 0 radical (unpaired) electrons. The minimum Gasteiger partial charge on any atom is -0.461 e. The lowest BCUT2D eigenvalue weighted by Gasteiger charge is -2.14. The van der Waals surface area contributed by atoms with Crippen molar-refractivity contribution in [2.24, 2.45) is 0 Å². The molecular weight excluding hydrogens is 390 g/mol. The van der Waals surface area contributed by atoms with Crippen molar-refractivity contribution in [3.8, 4) is 5.69 Å². The van der Waals surface area contributed by atoms with E-state index < -0.39 is 11.5 Å². The highest BCUT2D eigenvalue weighted by Crippen LogP contribution is 2.33. The van der Waals surface area contributed by atoms with Crippen LogP contribution in [-0.4, -0.2) is 35.3 Å². The smallest absolute Gasteiger partial charge is 0.359 e. The molecule has 0 saturated heterocycles. The Hall–Kier alpha value is -2.71. The number of fused-ring (bicyclic) bond motifs is 1. The summed E-state index contributed by atoms with van der Waals surface area (Å²) in [6.45, 7) is 3.25. The molecule has 0 aliphatic carbocycles. The number of aromatic nitrogens is 2. The summed E-state index contributed by atoms with van der Waals surface area (Å²) in [6, 6.07) is 6.57. The third-order valence-corrected chi connectivity index (χ3v) is 5.22. The molecule has 140 valence electrons. The minimum absolute atomic E-state index is 0.00544. The number of halogens is 1. The van der Waals surface area contributed by atoms with E-state index in [-0.39, 0.29) is 23.6 Å². The Morgan fingerprint density at radius 1 is 1.37 bits per heavy atom. The molecule has 0 N–H and O–H groups in total. The number of anilines is 1. The first-order valence-electron chi connectivity index (χ1n) is 8.07. The molecule has 1 amide bonds. The Kier molecular flexibility index (Phi) is 5.29. The molecule has 1 aromatic carbocycles. The van der Waals surface area contributed by atoms with Crippen molar-refractivity contribution < 1.29 is 14.3 Å². The summed E-state index contributed by atoms with van der Waals surface area (Å²) in [7, 11) is 1.57. The third kappa shape index (κ3) is 3.45. The number of nitrogens with zero attached hydrogens (tertiary/aromatic N) is 3. The molecule has 7 nitrogen and oxygen atoms in total. The number of rotatable bonds is 4. The monoisotopic (exact) mass is 405 g/mol. The van der Waals surface area contributed by atoms with Gasteiger partial charge in [0.05, 0.1) is 17.7 Å². The van der Waals surface area contributed by atoms with Crippen LogP contribution in [0.3, 0.4) is 0 Å². The number of ether oxygens (including phenoxy) is 1. The third-order valence-electron chi connectivity index (χ3n) is 3.93. The molecule has 3 aromatic rings. The zero-order valence-corrected chi connectivity index (χ0v) is 16.4. The van der Waals surface area contributed by atoms with E-state index >= 15 is 0 Å². The molecule has 0 saturated carbocycles. The molecule has 2 heterocycles. The van der Waals surface area contributed by atoms with Gasteiger partial charge in [0.15, 0.2) is 5.69 Å². The molecule has 0 spiro atoms. The van der Waals surface area contributed by atoms with Gasteiger partial charge in [-0.15, -0.1) is 11.3 Å². The van der Waals surface area contributed by atoms with Crippen LogP contribution in [0.4, 0.5) is 5.00 Å². The minimum atomic E-state index is -0.645. The average Bonchev–Trinajstić information content (AvgIpc) is 3.07. The van der Waals surface area contributed by atoms with Gasteiger partial charge < -0.3 is 9.64 Å². The summed E-state index contributed by atoms with van der Waals surface area (Å²) in [4.78, 5) is 38.8. The second-order valence-corrected chi connectivity index (χ2v) is 6.97. The molecule has 2 aromatic heterocycles. The second kappa shape index (κ2) is 7.50. The van der Waals surface area contributed by atoms with Gasteiger partial charge in [-0.2, -0.15) is 9.78 Å². The van der Waals surface area contributed by atoms with Crippen molar-refractivity contribution in [3.05, 3.63) is 50.7 Å². The number of carbonyl (C=O) groups excluding carboxylic acids is 2. The van der Waals surface area contributed by atoms with Crippen LogP contribution in [0.15, 0.2) is 34.4 Å². The van der Waals surface area contributed by atoms with Crippen LogP contribution in [-0.2, 0) is 9.53 Å². The van der Waals surface area contributed by atoms with Crippen LogP contribution >= 0.6 is 22.9 Å². The van der Waals surface area contributed by atoms with E-state index in [4.69, 9.17) is 16.3 Å². The number of amides is 1. The molecule has 0 fully saturated rings. The number of thiophene rings is 1. The molecule has 0 atom stereocenters. The van der Waals surface area contributed by atoms with Crippen LogP contribution < -0.4 is 10.5 Å². The second-order valence-electron chi connectivity index (χ2n) is 5.67. The van der Waals surface area contributed by atoms with Crippen molar-refractivity contribution in [3.63, 3.8) is 0 Å². The topological polar surface area (TPSA) is 81.5 Å². The molecule has 3 rings (SSSR count). The number of carbonyl (C=O) groups is 2. The van der Waals surface area contributed by atoms with E-state index in [0.717, 1.165) is 4.68 Å². The summed E-state index contributed by atoms with van der Waals surface area (Å²) in [5, 5.41) is 7.30. The van der Waals surface area contributed by atoms with E-state index in [1.807, 2.05) is 0 Å².